The van der Waals surface area contributed by atoms with Crippen LogP contribution in [0.15, 0.2) is 60.7 Å². The molecule has 2 aliphatic rings. The Morgan fingerprint density at radius 1 is 1.00 bits per heavy atom. The van der Waals surface area contributed by atoms with E-state index in [9.17, 15) is 4.79 Å². The maximum atomic E-state index is 12.8. The normalized spacial score (nSPS) is 19.0. The van der Waals surface area contributed by atoms with E-state index in [2.05, 4.69) is 58.7 Å². The monoisotopic (exact) mass is 378 g/mol. The molecule has 1 N–H and O–H groups in total. The predicted octanol–water partition coefficient (Wildman–Crippen LogP) is 4.42. The molecule has 2 aromatic rings. The van der Waals surface area contributed by atoms with Gasteiger partial charge in [0.05, 0.1) is 6.61 Å². The lowest BCUT2D eigenvalue weighted by molar-refractivity contribution is 0.162. The number of nitrogens with zero attached hydrogens (tertiary/aromatic N) is 1. The lowest BCUT2D eigenvalue weighted by Crippen LogP contribution is -2.44. The summed E-state index contributed by atoms with van der Waals surface area (Å²) in [5.74, 6) is 0.785. The zero-order valence-corrected chi connectivity index (χ0v) is 16.4. The summed E-state index contributed by atoms with van der Waals surface area (Å²) in [6.07, 6.45) is 4.24. The molecule has 1 aliphatic heterocycles. The molecule has 2 aromatic carbocycles. The maximum Gasteiger partial charge on any atom is 0.317 e. The van der Waals surface area contributed by atoms with Crippen molar-refractivity contribution in [1.29, 1.82) is 0 Å². The number of ether oxygens (including phenoxy) is 1. The summed E-state index contributed by atoms with van der Waals surface area (Å²) in [5, 5.41) is 3.19. The van der Waals surface area contributed by atoms with Gasteiger partial charge in [-0.3, -0.25) is 0 Å². The number of hydrogen-bond acceptors (Lipinski definition) is 2. The van der Waals surface area contributed by atoms with Crippen LogP contribution in [0.25, 0.3) is 0 Å². The van der Waals surface area contributed by atoms with Crippen LogP contribution in [0.4, 0.5) is 4.79 Å². The molecule has 4 nitrogen and oxygen atoms in total. The third kappa shape index (κ3) is 4.93. The van der Waals surface area contributed by atoms with Crippen LogP contribution in [0, 0.1) is 5.92 Å². The third-order valence-corrected chi connectivity index (χ3v) is 5.84. The molecule has 1 unspecified atom stereocenters. The molecular weight excluding hydrogens is 348 g/mol. The molecule has 1 atom stereocenters. The van der Waals surface area contributed by atoms with Crippen molar-refractivity contribution in [3.8, 4) is 0 Å². The fourth-order valence-electron chi connectivity index (χ4n) is 4.11. The van der Waals surface area contributed by atoms with Gasteiger partial charge in [-0.2, -0.15) is 0 Å². The van der Waals surface area contributed by atoms with Crippen molar-refractivity contribution in [3.63, 3.8) is 0 Å². The molecule has 4 heteroatoms. The maximum absolute atomic E-state index is 12.8. The molecule has 0 spiro atoms. The van der Waals surface area contributed by atoms with Crippen LogP contribution in [-0.2, 0) is 4.74 Å². The Hall–Kier alpha value is -2.33. The lowest BCUT2D eigenvalue weighted by Gasteiger charge is -2.26. The van der Waals surface area contributed by atoms with E-state index >= 15 is 0 Å². The Bertz CT molecular complexity index is 700. The lowest BCUT2D eigenvalue weighted by atomic mass is 9.88. The summed E-state index contributed by atoms with van der Waals surface area (Å²) in [7, 11) is 0. The number of carbonyl (C=O) groups excluding carboxylic acids is 1. The molecule has 1 saturated heterocycles. The molecule has 0 radical (unpaired) electrons. The molecule has 0 aromatic heterocycles. The second kappa shape index (κ2) is 9.24. The fourth-order valence-corrected chi connectivity index (χ4v) is 4.11. The minimum Gasteiger partial charge on any atom is -0.381 e. The molecule has 148 valence electrons. The highest BCUT2D eigenvalue weighted by Gasteiger charge is 2.34. The van der Waals surface area contributed by atoms with Gasteiger partial charge >= 0.3 is 6.03 Å². The Labute approximate surface area is 167 Å². The van der Waals surface area contributed by atoms with Crippen LogP contribution in [0.5, 0.6) is 0 Å². The first-order chi connectivity index (χ1) is 13.8. The van der Waals surface area contributed by atoms with E-state index in [1.54, 1.807) is 0 Å². The fraction of sp³-hybridized carbons (Fsp3) is 0.458. The second-order valence-corrected chi connectivity index (χ2v) is 8.01. The van der Waals surface area contributed by atoms with E-state index in [1.807, 2.05) is 12.1 Å². The van der Waals surface area contributed by atoms with Gasteiger partial charge in [0.25, 0.3) is 0 Å². The van der Waals surface area contributed by atoms with Crippen LogP contribution in [-0.4, -0.2) is 43.3 Å². The number of rotatable bonds is 8. The summed E-state index contributed by atoms with van der Waals surface area (Å²) in [6.45, 7) is 3.14. The van der Waals surface area contributed by atoms with Gasteiger partial charge in [0.2, 0.25) is 0 Å². The topological polar surface area (TPSA) is 41.6 Å². The molecule has 2 fully saturated rings. The summed E-state index contributed by atoms with van der Waals surface area (Å²) in [5.41, 5.74) is 2.59. The van der Waals surface area contributed by atoms with Crippen molar-refractivity contribution >= 4 is 6.03 Å². The molecule has 0 bridgehead atoms. The minimum atomic E-state index is 0.0919. The van der Waals surface area contributed by atoms with Crippen LogP contribution < -0.4 is 5.32 Å². The van der Waals surface area contributed by atoms with E-state index < -0.39 is 0 Å². The highest BCUT2D eigenvalue weighted by atomic mass is 16.5. The average Bonchev–Trinajstić information content (AvgIpc) is 3.45. The smallest absolute Gasteiger partial charge is 0.317 e. The number of amides is 2. The molecule has 1 heterocycles. The first-order valence-electron chi connectivity index (χ1n) is 10.5. The largest absolute Gasteiger partial charge is 0.381 e. The zero-order valence-electron chi connectivity index (χ0n) is 16.4. The number of nitrogens with one attached hydrogen (secondary N) is 1. The predicted molar refractivity (Wildman–Crippen MR) is 111 cm³/mol. The molecule has 28 heavy (non-hydrogen) atoms. The van der Waals surface area contributed by atoms with Crippen LogP contribution in [0.2, 0.25) is 0 Å². The van der Waals surface area contributed by atoms with Gasteiger partial charge in [0.1, 0.15) is 0 Å². The molecule has 1 saturated carbocycles. The third-order valence-electron chi connectivity index (χ3n) is 5.84. The summed E-state index contributed by atoms with van der Waals surface area (Å²) >= 11 is 0. The molecular formula is C24H30N2O2. The first-order valence-corrected chi connectivity index (χ1v) is 10.5. The van der Waals surface area contributed by atoms with Crippen molar-refractivity contribution in [2.24, 2.45) is 5.92 Å². The average molecular weight is 379 g/mol. The summed E-state index contributed by atoms with van der Waals surface area (Å²) < 4.78 is 5.49. The Kier molecular flexibility index (Phi) is 6.27. The SMILES string of the molecule is O=C(NCCC(c1ccccc1)c1ccccc1)N(CC1CCOC1)C1CC1. The second-order valence-electron chi connectivity index (χ2n) is 8.01. The minimum absolute atomic E-state index is 0.0919. The highest BCUT2D eigenvalue weighted by Crippen LogP contribution is 2.30. The molecule has 2 amide bonds. The number of hydrogen-bond donors (Lipinski definition) is 1. The van der Waals surface area contributed by atoms with Crippen molar-refractivity contribution in [1.82, 2.24) is 10.2 Å². The van der Waals surface area contributed by atoms with E-state index in [4.69, 9.17) is 4.74 Å². The molecule has 4 rings (SSSR count). The van der Waals surface area contributed by atoms with Crippen LogP contribution in [0.1, 0.15) is 42.7 Å². The van der Waals surface area contributed by atoms with Crippen LogP contribution >= 0.6 is 0 Å². The Morgan fingerprint density at radius 3 is 2.18 bits per heavy atom. The van der Waals surface area contributed by atoms with Gasteiger partial charge in [0, 0.05) is 37.6 Å². The number of carbonyl (C=O) groups is 1. The number of benzene rings is 2. The van der Waals surface area contributed by atoms with Crippen molar-refractivity contribution < 1.29 is 9.53 Å². The van der Waals surface area contributed by atoms with Gasteiger partial charge in [-0.1, -0.05) is 60.7 Å². The Balaban J connectivity index is 1.36. The van der Waals surface area contributed by atoms with Gasteiger partial charge in [-0.25, -0.2) is 4.79 Å². The zero-order chi connectivity index (χ0) is 19.2. The van der Waals surface area contributed by atoms with E-state index in [-0.39, 0.29) is 6.03 Å². The number of urea groups is 1. The first kappa shape index (κ1) is 19.0. The van der Waals surface area contributed by atoms with Gasteiger partial charge in [0.15, 0.2) is 0 Å². The van der Waals surface area contributed by atoms with Gasteiger partial charge in [-0.15, -0.1) is 0 Å². The van der Waals surface area contributed by atoms with Crippen molar-refractivity contribution in [2.45, 2.75) is 37.6 Å². The van der Waals surface area contributed by atoms with E-state index in [1.165, 1.54) is 11.1 Å². The molecule has 1 aliphatic carbocycles. The summed E-state index contributed by atoms with van der Waals surface area (Å²) in [6, 6.07) is 21.7. The summed E-state index contributed by atoms with van der Waals surface area (Å²) in [4.78, 5) is 14.9. The van der Waals surface area contributed by atoms with Gasteiger partial charge < -0.3 is 15.0 Å². The van der Waals surface area contributed by atoms with E-state index in [0.29, 0.717) is 24.4 Å². The van der Waals surface area contributed by atoms with Crippen molar-refractivity contribution in [3.05, 3.63) is 71.8 Å². The standard InChI is InChI=1S/C24H30N2O2/c27-24(26(22-11-12-22)17-19-14-16-28-18-19)25-15-13-23(20-7-3-1-4-8-20)21-9-5-2-6-10-21/h1-10,19,22-23H,11-18H2,(H,25,27). The van der Waals surface area contributed by atoms with Gasteiger partial charge in [-0.05, 0) is 36.8 Å². The highest BCUT2D eigenvalue weighted by molar-refractivity contribution is 5.75. The van der Waals surface area contributed by atoms with Crippen molar-refractivity contribution in [2.75, 3.05) is 26.3 Å². The quantitative estimate of drug-likeness (QED) is 0.739. The Morgan fingerprint density at radius 2 is 1.64 bits per heavy atom. The van der Waals surface area contributed by atoms with E-state index in [0.717, 1.165) is 45.4 Å². The van der Waals surface area contributed by atoms with Crippen LogP contribution in [0.3, 0.4) is 0 Å².